The van der Waals surface area contributed by atoms with Crippen molar-refractivity contribution in [1.29, 1.82) is 0 Å². The van der Waals surface area contributed by atoms with Gasteiger partial charge in [0.1, 0.15) is 0 Å². The van der Waals surface area contributed by atoms with Crippen molar-refractivity contribution in [1.82, 2.24) is 0 Å². The van der Waals surface area contributed by atoms with Gasteiger partial charge in [0.25, 0.3) is 0 Å². The third kappa shape index (κ3) is 4.05. The van der Waals surface area contributed by atoms with Crippen molar-refractivity contribution in [3.8, 4) is 0 Å². The predicted octanol–water partition coefficient (Wildman–Crippen LogP) is 0.226. The Bertz CT molecular complexity index is 143. The van der Waals surface area contributed by atoms with Gasteiger partial charge in [0.15, 0.2) is 0 Å². The molecule has 0 aliphatic carbocycles. The van der Waals surface area contributed by atoms with Gasteiger partial charge in [-0.15, -0.1) is 0 Å². The maximum absolute atomic E-state index is 9.75. The maximum Gasteiger partial charge on any atom is 0.325 e. The Kier molecular flexibility index (Phi) is 5.97. The number of hydrogen-bond acceptors (Lipinski definition) is 4. The first-order valence-corrected chi connectivity index (χ1v) is 4.96. The highest BCUT2D eigenvalue weighted by Gasteiger charge is 2.18. The maximum atomic E-state index is 9.75. The molecule has 0 fully saturated rings. The van der Waals surface area contributed by atoms with Gasteiger partial charge in [0.05, 0.1) is 6.54 Å². The van der Waals surface area contributed by atoms with E-state index >= 15 is 0 Å². The third-order valence-corrected chi connectivity index (χ3v) is 3.44. The van der Waals surface area contributed by atoms with Gasteiger partial charge in [-0.3, -0.25) is 0 Å². The molecule has 0 aromatic heterocycles. The lowest BCUT2D eigenvalue weighted by molar-refractivity contribution is 0.268. The molecule has 0 N–H and O–H groups in total. The molecule has 0 heterocycles. The van der Waals surface area contributed by atoms with E-state index in [9.17, 15) is 4.79 Å². The summed E-state index contributed by atoms with van der Waals surface area (Å²) in [6.07, 6.45) is 1.49. The summed E-state index contributed by atoms with van der Waals surface area (Å²) in [5.74, 6) is 0. The van der Waals surface area contributed by atoms with Crippen LogP contribution in [0.5, 0.6) is 0 Å². The van der Waals surface area contributed by atoms with Gasteiger partial charge in [-0.2, -0.15) is 0 Å². The summed E-state index contributed by atoms with van der Waals surface area (Å²) < 4.78 is 10.2. The minimum Gasteiger partial charge on any atom is -0.400 e. The quantitative estimate of drug-likeness (QED) is 0.341. The molecule has 0 saturated carbocycles. The van der Waals surface area contributed by atoms with E-state index in [2.05, 4.69) is 4.99 Å². The van der Waals surface area contributed by atoms with Crippen LogP contribution in [0.15, 0.2) is 4.99 Å². The van der Waals surface area contributed by atoms with Gasteiger partial charge in [-0.1, -0.05) is 6.92 Å². The fourth-order valence-corrected chi connectivity index (χ4v) is 2.23. The molecule has 1 unspecified atom stereocenters. The highest BCUT2D eigenvalue weighted by Crippen LogP contribution is 2.09. The lowest BCUT2D eigenvalue weighted by atomic mass is 10.5. The summed E-state index contributed by atoms with van der Waals surface area (Å²) in [4.78, 5) is 13.2. The van der Waals surface area contributed by atoms with Crippen LogP contribution in [-0.2, 0) is 13.6 Å². The average Bonchev–Trinajstić information content (AvgIpc) is 2.03. The third-order valence-electron chi connectivity index (χ3n) is 1.37. The molecule has 5 heteroatoms. The van der Waals surface area contributed by atoms with Crippen LogP contribution in [0, 0.1) is 0 Å². The van der Waals surface area contributed by atoms with Gasteiger partial charge in [0.2, 0.25) is 6.08 Å². The SMILES string of the molecule is CO[SiH](OC)C(C)CN=C=O. The van der Waals surface area contributed by atoms with Crippen molar-refractivity contribution in [3.05, 3.63) is 0 Å². The summed E-state index contributed by atoms with van der Waals surface area (Å²) >= 11 is 0. The Balaban J connectivity index is 3.77. The smallest absolute Gasteiger partial charge is 0.325 e. The van der Waals surface area contributed by atoms with Crippen molar-refractivity contribution in [2.45, 2.75) is 12.5 Å². The van der Waals surface area contributed by atoms with Crippen LogP contribution in [-0.4, -0.2) is 36.1 Å². The Morgan fingerprint density at radius 2 is 2.09 bits per heavy atom. The first-order valence-electron chi connectivity index (χ1n) is 3.35. The number of nitrogens with zero attached hydrogens (tertiary/aromatic N) is 1. The highest BCUT2D eigenvalue weighted by molar-refractivity contribution is 6.46. The first kappa shape index (κ1) is 10.5. The van der Waals surface area contributed by atoms with E-state index in [4.69, 9.17) is 8.85 Å². The minimum atomic E-state index is -1.59. The molecule has 0 amide bonds. The Morgan fingerprint density at radius 1 is 1.55 bits per heavy atom. The van der Waals surface area contributed by atoms with Crippen LogP contribution >= 0.6 is 0 Å². The number of rotatable bonds is 5. The predicted molar refractivity (Wildman–Crippen MR) is 43.6 cm³/mol. The second kappa shape index (κ2) is 6.24. The number of aliphatic imine (C=N–C) groups is 1. The molecule has 0 spiro atoms. The number of hydrogen-bond donors (Lipinski definition) is 0. The molecular weight excluding hydrogens is 162 g/mol. The molecule has 0 aliphatic heterocycles. The zero-order chi connectivity index (χ0) is 8.69. The summed E-state index contributed by atoms with van der Waals surface area (Å²) in [5.41, 5.74) is 0.214. The fourth-order valence-electron chi connectivity index (χ4n) is 0.828. The molecule has 0 radical (unpaired) electrons. The highest BCUT2D eigenvalue weighted by atomic mass is 28.3. The molecule has 64 valence electrons. The second-order valence-electron chi connectivity index (χ2n) is 2.25. The zero-order valence-corrected chi connectivity index (χ0v) is 8.19. The van der Waals surface area contributed by atoms with Crippen molar-refractivity contribution in [2.24, 2.45) is 4.99 Å². The normalized spacial score (nSPS) is 12.7. The van der Waals surface area contributed by atoms with E-state index in [1.165, 1.54) is 6.08 Å². The summed E-state index contributed by atoms with van der Waals surface area (Å²) in [5, 5.41) is 0. The molecule has 0 aliphatic rings. The Morgan fingerprint density at radius 3 is 2.45 bits per heavy atom. The average molecular weight is 175 g/mol. The van der Waals surface area contributed by atoms with Crippen LogP contribution < -0.4 is 0 Å². The second-order valence-corrected chi connectivity index (χ2v) is 5.07. The van der Waals surface area contributed by atoms with Crippen LogP contribution in [0.2, 0.25) is 5.54 Å². The molecule has 0 aromatic carbocycles. The monoisotopic (exact) mass is 175 g/mol. The molecule has 4 nitrogen and oxygen atoms in total. The summed E-state index contributed by atoms with van der Waals surface area (Å²) in [7, 11) is 1.63. The van der Waals surface area contributed by atoms with Crippen LogP contribution in [0.1, 0.15) is 6.92 Å². The van der Waals surface area contributed by atoms with Crippen LogP contribution in [0.3, 0.4) is 0 Å². The standard InChI is InChI=1S/C6H13NO3Si/c1-6(4-7-5-8)11(9-2)10-3/h6,11H,4H2,1-3H3. The number of isocyanates is 1. The van der Waals surface area contributed by atoms with E-state index in [-0.39, 0.29) is 5.54 Å². The van der Waals surface area contributed by atoms with Crippen LogP contribution in [0.25, 0.3) is 0 Å². The first-order chi connectivity index (χ1) is 5.26. The van der Waals surface area contributed by atoms with Crippen molar-refractivity contribution >= 4 is 15.4 Å². The minimum absolute atomic E-state index is 0.214. The van der Waals surface area contributed by atoms with E-state index in [0.717, 1.165) is 0 Å². The molecule has 0 bridgehead atoms. The lowest BCUT2D eigenvalue weighted by Crippen LogP contribution is -2.26. The van der Waals surface area contributed by atoms with Gasteiger partial charge < -0.3 is 8.85 Å². The van der Waals surface area contributed by atoms with Gasteiger partial charge in [0, 0.05) is 19.8 Å². The Labute approximate surface area is 68.1 Å². The molecule has 1 atom stereocenters. The molecule has 0 rings (SSSR count). The van der Waals surface area contributed by atoms with Gasteiger partial charge in [-0.05, 0) is 0 Å². The van der Waals surface area contributed by atoms with E-state index in [1.807, 2.05) is 6.92 Å². The summed E-state index contributed by atoms with van der Waals surface area (Å²) in [6, 6.07) is 0. The van der Waals surface area contributed by atoms with Crippen molar-refractivity contribution in [3.63, 3.8) is 0 Å². The largest absolute Gasteiger partial charge is 0.400 e. The van der Waals surface area contributed by atoms with Crippen molar-refractivity contribution < 1.29 is 13.6 Å². The van der Waals surface area contributed by atoms with Gasteiger partial charge >= 0.3 is 9.28 Å². The van der Waals surface area contributed by atoms with E-state index < -0.39 is 9.28 Å². The summed E-state index contributed by atoms with van der Waals surface area (Å²) in [6.45, 7) is 2.40. The van der Waals surface area contributed by atoms with E-state index in [0.29, 0.717) is 6.54 Å². The zero-order valence-electron chi connectivity index (χ0n) is 7.03. The van der Waals surface area contributed by atoms with Crippen LogP contribution in [0.4, 0.5) is 0 Å². The molecule has 0 aromatic rings. The Hall–Kier alpha value is -0.483. The van der Waals surface area contributed by atoms with Crippen molar-refractivity contribution in [2.75, 3.05) is 20.8 Å². The number of carbonyl (C=O) groups excluding carboxylic acids is 1. The van der Waals surface area contributed by atoms with Gasteiger partial charge in [-0.25, -0.2) is 9.79 Å². The topological polar surface area (TPSA) is 47.9 Å². The molecular formula is C6H13NO3Si. The van der Waals surface area contributed by atoms with E-state index in [1.54, 1.807) is 14.2 Å². The molecule has 11 heavy (non-hydrogen) atoms. The lowest BCUT2D eigenvalue weighted by Gasteiger charge is -2.15. The fraction of sp³-hybridized carbons (Fsp3) is 0.833. The molecule has 0 saturated heterocycles.